The van der Waals surface area contributed by atoms with Crippen molar-refractivity contribution in [1.82, 2.24) is 9.97 Å². The number of fused-ring (bicyclic) bond motifs is 1. The third-order valence-corrected chi connectivity index (χ3v) is 3.79. The van der Waals surface area contributed by atoms with Crippen molar-refractivity contribution in [3.8, 4) is 5.75 Å². The van der Waals surface area contributed by atoms with Gasteiger partial charge in [-0.3, -0.25) is 0 Å². The van der Waals surface area contributed by atoms with Gasteiger partial charge >= 0.3 is 0 Å². The minimum Gasteiger partial charge on any atom is -0.490 e. The lowest BCUT2D eigenvalue weighted by Gasteiger charge is -2.17. The lowest BCUT2D eigenvalue weighted by Crippen LogP contribution is -2.07. The van der Waals surface area contributed by atoms with Crippen LogP contribution in [0, 0.1) is 6.92 Å². The molecule has 1 radical (unpaired) electrons. The van der Waals surface area contributed by atoms with Gasteiger partial charge in [0.1, 0.15) is 11.4 Å². The zero-order chi connectivity index (χ0) is 15.5. The molecule has 113 valence electrons. The van der Waals surface area contributed by atoms with Gasteiger partial charge in [0.2, 0.25) is 0 Å². The molecule has 0 aliphatic heterocycles. The lowest BCUT2D eigenvalue weighted by molar-refractivity contribution is 0.245. The van der Waals surface area contributed by atoms with Crippen molar-refractivity contribution in [3.63, 3.8) is 0 Å². The van der Waals surface area contributed by atoms with Gasteiger partial charge in [0.05, 0.1) is 11.5 Å². The van der Waals surface area contributed by atoms with E-state index in [1.165, 1.54) is 11.1 Å². The van der Waals surface area contributed by atoms with Gasteiger partial charge in [0, 0.05) is 18.3 Å². The highest BCUT2D eigenvalue weighted by Crippen LogP contribution is 2.37. The second-order valence-corrected chi connectivity index (χ2v) is 5.70. The van der Waals surface area contributed by atoms with Crippen molar-refractivity contribution in [2.24, 2.45) is 0 Å². The van der Waals surface area contributed by atoms with Crippen LogP contribution in [0.25, 0.3) is 11.0 Å². The van der Waals surface area contributed by atoms with Gasteiger partial charge in [-0.15, -0.1) is 0 Å². The molecule has 3 aromatic rings. The maximum atomic E-state index is 5.98. The molecule has 1 N–H and O–H groups in total. The lowest BCUT2D eigenvalue weighted by atomic mass is 9.89. The van der Waals surface area contributed by atoms with E-state index in [1.807, 2.05) is 32.2 Å². The molecule has 0 aliphatic carbocycles. The summed E-state index contributed by atoms with van der Waals surface area (Å²) < 4.78 is 5.98. The molecule has 0 fully saturated rings. The number of aromatic amines is 1. The summed E-state index contributed by atoms with van der Waals surface area (Å²) in [5, 5.41) is 1.06. The number of hydrogen-bond acceptors (Lipinski definition) is 2. The van der Waals surface area contributed by atoms with Crippen molar-refractivity contribution in [2.75, 3.05) is 0 Å². The van der Waals surface area contributed by atoms with E-state index in [4.69, 9.17) is 4.74 Å². The molecule has 22 heavy (non-hydrogen) atoms. The van der Waals surface area contributed by atoms with Gasteiger partial charge in [-0.05, 0) is 37.5 Å². The number of rotatable bonds is 5. The molecule has 3 rings (SSSR count). The Morgan fingerprint density at radius 1 is 1.18 bits per heavy atom. The van der Waals surface area contributed by atoms with Crippen LogP contribution in [0.2, 0.25) is 0 Å². The summed E-state index contributed by atoms with van der Waals surface area (Å²) in [7, 11) is 0. The molecule has 1 atom stereocenters. The summed E-state index contributed by atoms with van der Waals surface area (Å²) in [6.07, 6.45) is 4.73. The van der Waals surface area contributed by atoms with Gasteiger partial charge in [-0.25, -0.2) is 4.98 Å². The number of benzene rings is 1. The molecule has 0 saturated carbocycles. The second-order valence-electron chi connectivity index (χ2n) is 5.70. The quantitative estimate of drug-likeness (QED) is 0.740. The van der Waals surface area contributed by atoms with E-state index in [-0.39, 0.29) is 12.0 Å². The highest BCUT2D eigenvalue weighted by atomic mass is 16.5. The van der Waals surface area contributed by atoms with Crippen LogP contribution in [0.4, 0.5) is 0 Å². The van der Waals surface area contributed by atoms with Crippen molar-refractivity contribution in [3.05, 3.63) is 66.8 Å². The summed E-state index contributed by atoms with van der Waals surface area (Å²) in [5.74, 6) is 1.11. The molecule has 2 heterocycles. The van der Waals surface area contributed by atoms with Gasteiger partial charge in [-0.2, -0.15) is 0 Å². The smallest absolute Gasteiger partial charge is 0.141 e. The summed E-state index contributed by atoms with van der Waals surface area (Å²) in [6, 6.07) is 12.4. The van der Waals surface area contributed by atoms with Gasteiger partial charge in [0.15, 0.2) is 0 Å². The molecule has 2 aromatic heterocycles. The maximum absolute atomic E-state index is 5.98. The van der Waals surface area contributed by atoms with Gasteiger partial charge < -0.3 is 9.72 Å². The Bertz CT molecular complexity index is 746. The van der Waals surface area contributed by atoms with Crippen LogP contribution in [0.15, 0.2) is 48.8 Å². The fraction of sp³-hybridized carbons (Fsp3) is 0.263. The molecule has 3 nitrogen and oxygen atoms in total. The number of nitrogens with zero attached hydrogens (tertiary/aromatic N) is 1. The van der Waals surface area contributed by atoms with Crippen LogP contribution in [-0.4, -0.2) is 16.1 Å². The van der Waals surface area contributed by atoms with E-state index in [1.54, 1.807) is 6.20 Å². The Balaban J connectivity index is 2.13. The summed E-state index contributed by atoms with van der Waals surface area (Å²) in [5.41, 5.74) is 3.32. The summed E-state index contributed by atoms with van der Waals surface area (Å²) >= 11 is 0. The van der Waals surface area contributed by atoms with Gasteiger partial charge in [-0.1, -0.05) is 37.3 Å². The molecule has 0 unspecified atom stereocenters. The molecule has 0 amide bonds. The normalized spacial score (nSPS) is 12.7. The number of pyridine rings is 1. The Kier molecular flexibility index (Phi) is 4.14. The minimum absolute atomic E-state index is 0.128. The van der Waals surface area contributed by atoms with Crippen LogP contribution >= 0.6 is 0 Å². The fourth-order valence-corrected chi connectivity index (χ4v) is 2.86. The molecule has 1 aromatic carbocycles. The molecular formula is C19H21N2O. The van der Waals surface area contributed by atoms with E-state index in [2.05, 4.69) is 41.2 Å². The molecule has 0 bridgehead atoms. The van der Waals surface area contributed by atoms with E-state index < -0.39 is 0 Å². The predicted molar refractivity (Wildman–Crippen MR) is 90.1 cm³/mol. The van der Waals surface area contributed by atoms with Gasteiger partial charge in [0.25, 0.3) is 0 Å². The molecule has 0 spiro atoms. The van der Waals surface area contributed by atoms with Crippen molar-refractivity contribution < 1.29 is 4.74 Å². The number of nitrogens with one attached hydrogen (secondary N) is 1. The van der Waals surface area contributed by atoms with E-state index in [9.17, 15) is 0 Å². The molecule has 3 heteroatoms. The zero-order valence-electron chi connectivity index (χ0n) is 13.0. The standard InChI is InChI=1S/C19H21N2O/c1-4-15(14-8-6-5-7-9-14)16-12-21-19-18(16)17(10-11-20-19)22-13(2)3/h5-13,15H,1,4H2,2-3H3,(H,20,21)/t15-/m1/s1. The predicted octanol–water partition coefficient (Wildman–Crippen LogP) is 4.71. The van der Waals surface area contributed by atoms with Crippen LogP contribution in [0.1, 0.15) is 37.3 Å². The highest BCUT2D eigenvalue weighted by molar-refractivity contribution is 5.87. The van der Waals surface area contributed by atoms with Crippen molar-refractivity contribution in [1.29, 1.82) is 0 Å². The SMILES string of the molecule is [CH2]C[C@H](c1ccccc1)c1c[nH]c2nccc(OC(C)C)c12. The number of hydrogen-bond donors (Lipinski definition) is 1. The van der Waals surface area contributed by atoms with Crippen molar-refractivity contribution in [2.45, 2.75) is 32.3 Å². The fourth-order valence-electron chi connectivity index (χ4n) is 2.86. The second kappa shape index (κ2) is 6.22. The molecule has 0 saturated heterocycles. The Morgan fingerprint density at radius 3 is 2.64 bits per heavy atom. The number of H-pyrrole nitrogens is 1. The number of aromatic nitrogens is 2. The topological polar surface area (TPSA) is 37.9 Å². The van der Waals surface area contributed by atoms with E-state index in [0.29, 0.717) is 0 Å². The highest BCUT2D eigenvalue weighted by Gasteiger charge is 2.19. The summed E-state index contributed by atoms with van der Waals surface area (Å²) in [4.78, 5) is 7.69. The Morgan fingerprint density at radius 2 is 1.95 bits per heavy atom. The maximum Gasteiger partial charge on any atom is 0.141 e. The third-order valence-electron chi connectivity index (χ3n) is 3.79. The minimum atomic E-state index is 0.128. The first kappa shape index (κ1) is 14.6. The first-order valence-corrected chi connectivity index (χ1v) is 7.67. The average molecular weight is 293 g/mol. The first-order chi connectivity index (χ1) is 10.7. The van der Waals surface area contributed by atoms with Crippen LogP contribution in [0.3, 0.4) is 0 Å². The van der Waals surface area contributed by atoms with E-state index in [0.717, 1.165) is 23.2 Å². The zero-order valence-corrected chi connectivity index (χ0v) is 13.0. The summed E-state index contributed by atoms with van der Waals surface area (Å²) in [6.45, 7) is 8.21. The largest absolute Gasteiger partial charge is 0.490 e. The molecule has 0 aliphatic rings. The van der Waals surface area contributed by atoms with Crippen LogP contribution in [-0.2, 0) is 0 Å². The van der Waals surface area contributed by atoms with Crippen LogP contribution in [0.5, 0.6) is 5.75 Å². The Labute approximate surface area is 131 Å². The van der Waals surface area contributed by atoms with E-state index >= 15 is 0 Å². The third kappa shape index (κ3) is 2.71. The van der Waals surface area contributed by atoms with Crippen molar-refractivity contribution >= 4 is 11.0 Å². The monoisotopic (exact) mass is 293 g/mol. The Hall–Kier alpha value is -2.29. The van der Waals surface area contributed by atoms with Crippen LogP contribution < -0.4 is 4.74 Å². The number of ether oxygens (including phenoxy) is 1. The first-order valence-electron chi connectivity index (χ1n) is 7.67. The molecular weight excluding hydrogens is 272 g/mol. The average Bonchev–Trinajstić information content (AvgIpc) is 2.94.